The Morgan fingerprint density at radius 1 is 1.12 bits per heavy atom. The monoisotopic (exact) mass is 564 g/mol. The van der Waals surface area contributed by atoms with Crippen molar-refractivity contribution in [3.05, 3.63) is 35.3 Å². The molecule has 0 aliphatic carbocycles. The van der Waals surface area contributed by atoms with Gasteiger partial charge >= 0.3 is 12.0 Å². The number of piperazine rings is 1. The van der Waals surface area contributed by atoms with Crippen molar-refractivity contribution < 1.29 is 24.4 Å². The van der Waals surface area contributed by atoms with Gasteiger partial charge in [0.1, 0.15) is 28.3 Å². The minimum atomic E-state index is -2.54. The summed E-state index contributed by atoms with van der Waals surface area (Å²) in [6.07, 6.45) is 7.16. The van der Waals surface area contributed by atoms with Crippen molar-refractivity contribution in [3.63, 3.8) is 0 Å². The maximum Gasteiger partial charge on any atom is 0.343 e. The van der Waals surface area contributed by atoms with Crippen molar-refractivity contribution in [2.24, 2.45) is 0 Å². The normalized spacial score (nSPS) is 23.9. The zero-order valence-corrected chi connectivity index (χ0v) is 23.5. The molecule has 4 aliphatic heterocycles. The van der Waals surface area contributed by atoms with E-state index in [2.05, 4.69) is 30.1 Å². The summed E-state index contributed by atoms with van der Waals surface area (Å²) in [6, 6.07) is 3.49. The van der Waals surface area contributed by atoms with Crippen LogP contribution in [0, 0.1) is 12.7 Å². The molecule has 0 spiro atoms. The van der Waals surface area contributed by atoms with Gasteiger partial charge in [0.25, 0.3) is 0 Å². The summed E-state index contributed by atoms with van der Waals surface area (Å²) in [6.45, 7) is 6.75. The van der Waals surface area contributed by atoms with Crippen LogP contribution in [0.25, 0.3) is 22.2 Å². The van der Waals surface area contributed by atoms with E-state index in [1.165, 1.54) is 6.07 Å². The van der Waals surface area contributed by atoms with E-state index in [1.54, 1.807) is 12.3 Å². The number of halogens is 1. The van der Waals surface area contributed by atoms with Gasteiger partial charge in [-0.3, -0.25) is 9.88 Å². The molecule has 2 bridgehead atoms. The van der Waals surface area contributed by atoms with E-state index in [4.69, 9.17) is 4.74 Å². The molecular weight excluding hydrogens is 527 g/mol. The molecule has 11 heteroatoms. The van der Waals surface area contributed by atoms with Crippen LogP contribution in [0.1, 0.15) is 56.6 Å². The van der Waals surface area contributed by atoms with Gasteiger partial charge in [0.2, 0.25) is 0 Å². The number of phenols is 1. The van der Waals surface area contributed by atoms with E-state index >= 15 is 4.39 Å². The minimum Gasteiger partial charge on any atom is -0.508 e. The molecule has 2 atom stereocenters. The van der Waals surface area contributed by atoms with Crippen molar-refractivity contribution in [2.75, 3.05) is 31.1 Å². The van der Waals surface area contributed by atoms with Crippen LogP contribution in [0.5, 0.6) is 11.8 Å². The molecule has 4 N–H and O–H groups in total. The number of anilines is 1. The number of pyridine rings is 1. The Morgan fingerprint density at radius 3 is 2.51 bits per heavy atom. The quantitative estimate of drug-likeness (QED) is 0.332. The number of ether oxygens (including phenoxy) is 1. The number of fused-ring (bicyclic) bond motifs is 4. The maximum absolute atomic E-state index is 16.5. The molecule has 4 aliphatic rings. The first kappa shape index (κ1) is 26.8. The molecule has 218 valence electrons. The summed E-state index contributed by atoms with van der Waals surface area (Å²) < 4.78 is 22.4. The predicted molar refractivity (Wildman–Crippen MR) is 151 cm³/mol. The van der Waals surface area contributed by atoms with Crippen LogP contribution in [0.4, 0.5) is 10.2 Å². The number of hydrogen-bond acceptors (Lipinski definition) is 10. The summed E-state index contributed by atoms with van der Waals surface area (Å²) in [5.74, 6) is -2.72. The van der Waals surface area contributed by atoms with Crippen LogP contribution in [0.2, 0.25) is 0 Å². The third-order valence-electron chi connectivity index (χ3n) is 9.71. The summed E-state index contributed by atoms with van der Waals surface area (Å²) in [4.78, 5) is 17.8. The topological polar surface area (TPSA) is 127 Å². The Morgan fingerprint density at radius 2 is 1.83 bits per heavy atom. The second kappa shape index (κ2) is 9.72. The highest BCUT2D eigenvalue weighted by molar-refractivity contribution is 5.92. The Labute approximate surface area is 238 Å². The molecule has 4 fully saturated rings. The average molecular weight is 565 g/mol. The molecule has 6 heterocycles. The van der Waals surface area contributed by atoms with Gasteiger partial charge in [-0.25, -0.2) is 4.39 Å². The largest absolute Gasteiger partial charge is 0.508 e. The van der Waals surface area contributed by atoms with E-state index < -0.39 is 17.3 Å². The van der Waals surface area contributed by atoms with E-state index in [-0.39, 0.29) is 23.0 Å². The fourth-order valence-corrected chi connectivity index (χ4v) is 7.80. The Balaban J connectivity index is 1.38. The van der Waals surface area contributed by atoms with E-state index in [0.29, 0.717) is 61.2 Å². The molecule has 0 radical (unpaired) electrons. The number of aromatic nitrogens is 3. The second-order valence-corrected chi connectivity index (χ2v) is 12.1. The van der Waals surface area contributed by atoms with Crippen LogP contribution >= 0.6 is 0 Å². The first-order chi connectivity index (χ1) is 19.7. The molecular formula is C30H37FN6O4. The second-order valence-electron chi connectivity index (χ2n) is 12.1. The van der Waals surface area contributed by atoms with Gasteiger partial charge in [0.15, 0.2) is 5.82 Å². The highest BCUT2D eigenvalue weighted by atomic mass is 19.1. The van der Waals surface area contributed by atoms with Crippen molar-refractivity contribution >= 4 is 16.7 Å². The summed E-state index contributed by atoms with van der Waals surface area (Å²) in [5.41, 5.74) is 1.33. The number of hydrogen-bond donors (Lipinski definition) is 4. The van der Waals surface area contributed by atoms with Crippen LogP contribution < -0.4 is 15.0 Å². The number of benzene rings is 1. The van der Waals surface area contributed by atoms with Crippen LogP contribution in [-0.4, -0.2) is 84.9 Å². The van der Waals surface area contributed by atoms with Crippen molar-refractivity contribution in [2.45, 2.75) is 82.4 Å². The van der Waals surface area contributed by atoms with Crippen molar-refractivity contribution in [1.82, 2.24) is 25.2 Å². The average Bonchev–Trinajstić information content (AvgIpc) is 3.63. The summed E-state index contributed by atoms with van der Waals surface area (Å²) in [5, 5.41) is 37.1. The zero-order chi connectivity index (χ0) is 28.5. The standard InChI is InChI=1S/C30H37FN6O4/c1-3-21-17(2)12-20(38)13-22(21)25-24(31)26-23(14-32-25)27(36-15-18-6-7-19(16-36)33-18)35-28(34-26)41-30(39,40)29-8-4-10-37(29)11-5-9-29/h12-14,18-19,33,38-40H,3-11,15-16H2,1-2H3. The minimum absolute atomic E-state index is 0.00747. The smallest absolute Gasteiger partial charge is 0.343 e. The van der Waals surface area contributed by atoms with Gasteiger partial charge in [0.05, 0.1) is 5.39 Å². The van der Waals surface area contributed by atoms with Crippen molar-refractivity contribution in [1.29, 1.82) is 0 Å². The van der Waals surface area contributed by atoms with Gasteiger partial charge in [-0.1, -0.05) is 6.92 Å². The van der Waals surface area contributed by atoms with E-state index in [9.17, 15) is 15.3 Å². The first-order valence-electron chi connectivity index (χ1n) is 14.8. The Bertz CT molecular complexity index is 1490. The van der Waals surface area contributed by atoms with Gasteiger partial charge in [-0.2, -0.15) is 9.97 Å². The van der Waals surface area contributed by atoms with Gasteiger partial charge in [0, 0.05) is 36.9 Å². The SMILES string of the molecule is CCc1c(C)cc(O)cc1-c1ncc2c(N3CC4CCC(C3)N4)nc(OC(O)(O)C34CCCN3CCC4)nc2c1F. The van der Waals surface area contributed by atoms with Crippen molar-refractivity contribution in [3.8, 4) is 23.0 Å². The molecule has 2 unspecified atom stereocenters. The molecule has 0 amide bonds. The number of nitrogens with zero attached hydrogens (tertiary/aromatic N) is 5. The highest BCUT2D eigenvalue weighted by Crippen LogP contribution is 2.46. The number of nitrogens with one attached hydrogen (secondary N) is 1. The first-order valence-corrected chi connectivity index (χ1v) is 14.8. The fourth-order valence-electron chi connectivity index (χ4n) is 7.80. The van der Waals surface area contributed by atoms with Gasteiger partial charge in [-0.15, -0.1) is 0 Å². The van der Waals surface area contributed by atoms with E-state index in [1.807, 2.05) is 13.8 Å². The number of aromatic hydroxyl groups is 1. The lowest BCUT2D eigenvalue weighted by atomic mass is 9.91. The van der Waals surface area contributed by atoms with Crippen LogP contribution in [-0.2, 0) is 6.42 Å². The van der Waals surface area contributed by atoms with Gasteiger partial charge < -0.3 is 30.3 Å². The lowest BCUT2D eigenvalue weighted by Crippen LogP contribution is -2.62. The molecule has 3 aromatic rings. The molecule has 1 aromatic carbocycles. The van der Waals surface area contributed by atoms with Crippen LogP contribution in [0.3, 0.4) is 0 Å². The van der Waals surface area contributed by atoms with E-state index in [0.717, 1.165) is 49.9 Å². The summed E-state index contributed by atoms with van der Waals surface area (Å²) >= 11 is 0. The third kappa shape index (κ3) is 4.24. The lowest BCUT2D eigenvalue weighted by Gasteiger charge is -2.41. The predicted octanol–water partition coefficient (Wildman–Crippen LogP) is 2.99. The number of phenolic OH excluding ortho intramolecular Hbond substituents is 1. The Hall–Kier alpha value is -3.12. The lowest BCUT2D eigenvalue weighted by molar-refractivity contribution is -0.349. The molecule has 4 saturated heterocycles. The fraction of sp³-hybridized carbons (Fsp3) is 0.567. The Kier molecular flexibility index (Phi) is 6.35. The molecule has 0 saturated carbocycles. The van der Waals surface area contributed by atoms with Crippen LogP contribution in [0.15, 0.2) is 18.3 Å². The molecule has 10 nitrogen and oxygen atoms in total. The molecule has 7 rings (SSSR count). The highest BCUT2D eigenvalue weighted by Gasteiger charge is 2.60. The zero-order valence-electron chi connectivity index (χ0n) is 23.5. The molecule has 2 aromatic heterocycles. The number of aryl methyl sites for hydroxylation is 1. The van der Waals surface area contributed by atoms with Gasteiger partial charge in [-0.05, 0) is 88.2 Å². The molecule has 41 heavy (non-hydrogen) atoms. The maximum atomic E-state index is 16.5. The third-order valence-corrected chi connectivity index (χ3v) is 9.71. The number of aliphatic hydroxyl groups is 2. The number of rotatable bonds is 6. The summed E-state index contributed by atoms with van der Waals surface area (Å²) in [7, 11) is 0.